The number of anilines is 1. The van der Waals surface area contributed by atoms with Gasteiger partial charge >= 0.3 is 0 Å². The quantitative estimate of drug-likeness (QED) is 0.733. The lowest BCUT2D eigenvalue weighted by Crippen LogP contribution is -2.37. The highest BCUT2D eigenvalue weighted by Crippen LogP contribution is 2.27. The van der Waals surface area contributed by atoms with Crippen LogP contribution in [0.2, 0.25) is 0 Å². The van der Waals surface area contributed by atoms with E-state index >= 15 is 0 Å². The zero-order chi connectivity index (χ0) is 11.0. The molecule has 1 aromatic heterocycles. The number of hydrogen-bond donors (Lipinski definition) is 0. The van der Waals surface area contributed by atoms with E-state index < -0.39 is 0 Å². The molecule has 16 heavy (non-hydrogen) atoms. The Hall–Kier alpha value is -1.51. The van der Waals surface area contributed by atoms with Crippen molar-refractivity contribution in [3.05, 3.63) is 24.3 Å². The summed E-state index contributed by atoms with van der Waals surface area (Å²) in [6.07, 6.45) is 3.79. The van der Waals surface area contributed by atoms with Gasteiger partial charge in [0.2, 0.25) is 0 Å². The number of oxazole rings is 1. The van der Waals surface area contributed by atoms with Gasteiger partial charge in [-0.05, 0) is 38.3 Å². The highest BCUT2D eigenvalue weighted by molar-refractivity contribution is 5.74. The van der Waals surface area contributed by atoms with Crippen LogP contribution in [0.25, 0.3) is 11.1 Å². The fourth-order valence-electron chi connectivity index (χ4n) is 2.37. The molecule has 1 saturated heterocycles. The van der Waals surface area contributed by atoms with Crippen molar-refractivity contribution in [1.82, 2.24) is 4.98 Å². The lowest BCUT2D eigenvalue weighted by atomic mass is 10.0. The third-order valence-electron chi connectivity index (χ3n) is 3.33. The van der Waals surface area contributed by atoms with Gasteiger partial charge in [-0.25, -0.2) is 0 Å². The van der Waals surface area contributed by atoms with Gasteiger partial charge in [0.25, 0.3) is 6.01 Å². The summed E-state index contributed by atoms with van der Waals surface area (Å²) >= 11 is 0. The maximum Gasteiger partial charge on any atom is 0.298 e. The Morgan fingerprint density at radius 3 is 3.00 bits per heavy atom. The third-order valence-corrected chi connectivity index (χ3v) is 3.33. The molecule has 1 unspecified atom stereocenters. The van der Waals surface area contributed by atoms with Gasteiger partial charge in [0, 0.05) is 12.6 Å². The van der Waals surface area contributed by atoms with Crippen molar-refractivity contribution in [2.75, 3.05) is 11.4 Å². The maximum absolute atomic E-state index is 5.79. The van der Waals surface area contributed by atoms with Crippen LogP contribution in [0.5, 0.6) is 0 Å². The van der Waals surface area contributed by atoms with Gasteiger partial charge in [0.15, 0.2) is 5.58 Å². The van der Waals surface area contributed by atoms with Crippen molar-refractivity contribution in [3.63, 3.8) is 0 Å². The van der Waals surface area contributed by atoms with E-state index in [0.29, 0.717) is 6.04 Å². The molecule has 1 aliphatic heterocycles. The molecule has 0 radical (unpaired) electrons. The third kappa shape index (κ3) is 1.56. The molecule has 1 fully saturated rings. The second kappa shape index (κ2) is 3.81. The number of aromatic nitrogens is 1. The largest absolute Gasteiger partial charge is 0.423 e. The molecule has 84 valence electrons. The molecular formula is C13H16N2O. The van der Waals surface area contributed by atoms with E-state index in [1.165, 1.54) is 19.3 Å². The Labute approximate surface area is 95.1 Å². The second-order valence-electron chi connectivity index (χ2n) is 4.50. The molecule has 0 amide bonds. The van der Waals surface area contributed by atoms with Crippen LogP contribution >= 0.6 is 0 Å². The molecule has 0 N–H and O–H groups in total. The number of nitrogens with zero attached hydrogens (tertiary/aromatic N) is 2. The number of benzene rings is 1. The Morgan fingerprint density at radius 1 is 1.31 bits per heavy atom. The molecule has 1 aromatic carbocycles. The molecule has 3 heteroatoms. The molecule has 3 nitrogen and oxygen atoms in total. The molecule has 2 heterocycles. The van der Waals surface area contributed by atoms with Crippen LogP contribution in [0, 0.1) is 0 Å². The van der Waals surface area contributed by atoms with Crippen molar-refractivity contribution in [1.29, 1.82) is 0 Å². The molecule has 1 aliphatic rings. The monoisotopic (exact) mass is 216 g/mol. The van der Waals surface area contributed by atoms with E-state index in [1.54, 1.807) is 0 Å². The van der Waals surface area contributed by atoms with Crippen LogP contribution in [-0.2, 0) is 0 Å². The highest BCUT2D eigenvalue weighted by atomic mass is 16.4. The van der Waals surface area contributed by atoms with Crippen LogP contribution in [0.15, 0.2) is 28.7 Å². The van der Waals surface area contributed by atoms with Gasteiger partial charge in [-0.15, -0.1) is 0 Å². The molecule has 0 spiro atoms. The molecule has 0 aliphatic carbocycles. The van der Waals surface area contributed by atoms with Crippen molar-refractivity contribution in [2.45, 2.75) is 32.2 Å². The average Bonchev–Trinajstić information content (AvgIpc) is 2.73. The number of hydrogen-bond acceptors (Lipinski definition) is 3. The van der Waals surface area contributed by atoms with Crippen molar-refractivity contribution < 1.29 is 4.42 Å². The zero-order valence-corrected chi connectivity index (χ0v) is 9.52. The SMILES string of the molecule is CC1CCCCN1c1nc2ccccc2o1. The molecular weight excluding hydrogens is 200 g/mol. The predicted molar refractivity (Wildman–Crippen MR) is 64.7 cm³/mol. The summed E-state index contributed by atoms with van der Waals surface area (Å²) in [4.78, 5) is 6.83. The van der Waals surface area contributed by atoms with Crippen LogP contribution < -0.4 is 4.90 Å². The minimum absolute atomic E-state index is 0.543. The average molecular weight is 216 g/mol. The number of rotatable bonds is 1. The first-order chi connectivity index (χ1) is 7.84. The van der Waals surface area contributed by atoms with Crippen molar-refractivity contribution in [3.8, 4) is 0 Å². The normalized spacial score (nSPS) is 21.6. The van der Waals surface area contributed by atoms with Gasteiger partial charge in [-0.2, -0.15) is 4.98 Å². The number of para-hydroxylation sites is 2. The Bertz CT molecular complexity index is 458. The lowest BCUT2D eigenvalue weighted by molar-refractivity contribution is 0.443. The topological polar surface area (TPSA) is 29.3 Å². The van der Waals surface area contributed by atoms with E-state index in [1.807, 2.05) is 24.3 Å². The summed E-state index contributed by atoms with van der Waals surface area (Å²) < 4.78 is 5.79. The minimum atomic E-state index is 0.543. The summed E-state index contributed by atoms with van der Waals surface area (Å²) in [5.41, 5.74) is 1.84. The van der Waals surface area contributed by atoms with E-state index in [4.69, 9.17) is 4.42 Å². The van der Waals surface area contributed by atoms with E-state index in [9.17, 15) is 0 Å². The van der Waals surface area contributed by atoms with Gasteiger partial charge in [0.05, 0.1) is 0 Å². The number of fused-ring (bicyclic) bond motifs is 1. The maximum atomic E-state index is 5.79. The summed E-state index contributed by atoms with van der Waals surface area (Å²) in [5, 5.41) is 0. The Kier molecular flexibility index (Phi) is 2.31. The molecule has 2 aromatic rings. The van der Waals surface area contributed by atoms with Gasteiger partial charge in [-0.1, -0.05) is 12.1 Å². The minimum Gasteiger partial charge on any atom is -0.423 e. The van der Waals surface area contributed by atoms with Crippen LogP contribution in [0.4, 0.5) is 6.01 Å². The molecule has 1 atom stereocenters. The van der Waals surface area contributed by atoms with Gasteiger partial charge in [-0.3, -0.25) is 0 Å². The zero-order valence-electron chi connectivity index (χ0n) is 9.52. The molecule has 3 rings (SSSR count). The van der Waals surface area contributed by atoms with Crippen LogP contribution in [-0.4, -0.2) is 17.6 Å². The Balaban J connectivity index is 1.98. The van der Waals surface area contributed by atoms with Gasteiger partial charge in [0.1, 0.15) is 5.52 Å². The molecule has 0 bridgehead atoms. The Morgan fingerprint density at radius 2 is 2.19 bits per heavy atom. The predicted octanol–water partition coefficient (Wildman–Crippen LogP) is 3.21. The summed E-state index contributed by atoms with van der Waals surface area (Å²) in [6, 6.07) is 9.28. The first kappa shape index (κ1) is 9.70. The fraction of sp³-hybridized carbons (Fsp3) is 0.462. The summed E-state index contributed by atoms with van der Waals surface area (Å²) in [6.45, 7) is 3.31. The smallest absolute Gasteiger partial charge is 0.298 e. The summed E-state index contributed by atoms with van der Waals surface area (Å²) in [5.74, 6) is 0. The highest BCUT2D eigenvalue weighted by Gasteiger charge is 2.22. The molecule has 0 saturated carbocycles. The van der Waals surface area contributed by atoms with E-state index in [-0.39, 0.29) is 0 Å². The van der Waals surface area contributed by atoms with Crippen LogP contribution in [0.1, 0.15) is 26.2 Å². The second-order valence-corrected chi connectivity index (χ2v) is 4.50. The first-order valence-corrected chi connectivity index (χ1v) is 5.97. The van der Waals surface area contributed by atoms with Gasteiger partial charge < -0.3 is 9.32 Å². The fourth-order valence-corrected chi connectivity index (χ4v) is 2.37. The lowest BCUT2D eigenvalue weighted by Gasteiger charge is -2.31. The summed E-state index contributed by atoms with van der Waals surface area (Å²) in [7, 11) is 0. The first-order valence-electron chi connectivity index (χ1n) is 5.97. The van der Waals surface area contributed by atoms with E-state index in [2.05, 4.69) is 16.8 Å². The standard InChI is InChI=1S/C13H16N2O/c1-10-6-4-5-9-15(10)13-14-11-7-2-3-8-12(11)16-13/h2-3,7-8,10H,4-6,9H2,1H3. The number of piperidine rings is 1. The van der Waals surface area contributed by atoms with Crippen LogP contribution in [0.3, 0.4) is 0 Å². The van der Waals surface area contributed by atoms with E-state index in [0.717, 1.165) is 23.7 Å². The van der Waals surface area contributed by atoms with Crippen molar-refractivity contribution >= 4 is 17.1 Å². The van der Waals surface area contributed by atoms with Crippen molar-refractivity contribution in [2.24, 2.45) is 0 Å².